The van der Waals surface area contributed by atoms with Crippen molar-refractivity contribution in [3.05, 3.63) is 53.6 Å². The van der Waals surface area contributed by atoms with Gasteiger partial charge in [0.15, 0.2) is 4.34 Å². The van der Waals surface area contributed by atoms with Gasteiger partial charge in [-0.3, -0.25) is 14.4 Å². The van der Waals surface area contributed by atoms with E-state index in [0.717, 1.165) is 9.60 Å². The lowest BCUT2D eigenvalue weighted by molar-refractivity contribution is -0.136. The third kappa shape index (κ3) is 2.67. The molecule has 0 aliphatic carbocycles. The van der Waals surface area contributed by atoms with Crippen molar-refractivity contribution in [2.45, 2.75) is 16.5 Å². The van der Waals surface area contributed by atoms with Crippen LogP contribution in [-0.2, 0) is 4.79 Å². The summed E-state index contributed by atoms with van der Waals surface area (Å²) in [5, 5.41) is 8.42. The molecule has 1 aliphatic heterocycles. The number of carboxylic acid groups (broad SMARTS) is 1. The summed E-state index contributed by atoms with van der Waals surface area (Å²) in [5.41, 5.74) is 1.98. The van der Waals surface area contributed by atoms with E-state index in [9.17, 15) is 14.4 Å². The summed E-state index contributed by atoms with van der Waals surface area (Å²) < 4.78 is 1.42. The van der Waals surface area contributed by atoms with Gasteiger partial charge in [0.25, 0.3) is 11.8 Å². The highest BCUT2D eigenvalue weighted by atomic mass is 32.2. The van der Waals surface area contributed by atoms with Gasteiger partial charge in [-0.1, -0.05) is 23.9 Å². The molecule has 2 heterocycles. The molecule has 0 bridgehead atoms. The Morgan fingerprint density at radius 2 is 1.81 bits per heavy atom. The fourth-order valence-electron chi connectivity index (χ4n) is 2.71. The highest BCUT2D eigenvalue weighted by Gasteiger charge is 2.36. The van der Waals surface area contributed by atoms with E-state index in [0.29, 0.717) is 26.7 Å². The van der Waals surface area contributed by atoms with Crippen LogP contribution in [0.4, 0.5) is 5.69 Å². The number of imide groups is 1. The predicted molar refractivity (Wildman–Crippen MR) is 100 cm³/mol. The number of carboxylic acids is 1. The third-order valence-electron chi connectivity index (χ3n) is 4.03. The van der Waals surface area contributed by atoms with E-state index >= 15 is 0 Å². The summed E-state index contributed by atoms with van der Waals surface area (Å²) in [4.78, 5) is 41.8. The number of nitrogens with zero attached hydrogens (tertiary/aromatic N) is 2. The van der Waals surface area contributed by atoms with Gasteiger partial charge >= 0.3 is 5.97 Å². The van der Waals surface area contributed by atoms with Crippen LogP contribution in [0.3, 0.4) is 0 Å². The summed E-state index contributed by atoms with van der Waals surface area (Å²) in [6.07, 6.45) is 0. The first-order valence-electron chi connectivity index (χ1n) is 7.73. The maximum atomic E-state index is 12.6. The normalized spacial score (nSPS) is 14.7. The molecule has 0 saturated carbocycles. The maximum absolute atomic E-state index is 12.6. The molecule has 0 fully saturated rings. The molecule has 6 nitrogen and oxygen atoms in total. The zero-order valence-electron chi connectivity index (χ0n) is 13.5. The fraction of sp³-hybridized carbons (Fsp3) is 0.111. The Morgan fingerprint density at radius 1 is 1.15 bits per heavy atom. The first-order valence-corrected chi connectivity index (χ1v) is 9.43. The number of aromatic nitrogens is 1. The Balaban J connectivity index is 1.69. The zero-order valence-corrected chi connectivity index (χ0v) is 15.1. The molecule has 0 saturated heterocycles. The molecule has 2 amide bonds. The number of fused-ring (bicyclic) bond motifs is 2. The summed E-state index contributed by atoms with van der Waals surface area (Å²) in [7, 11) is 0. The highest BCUT2D eigenvalue weighted by molar-refractivity contribution is 8.02. The van der Waals surface area contributed by atoms with Crippen LogP contribution in [0.5, 0.6) is 0 Å². The number of rotatable bonds is 4. The molecule has 1 N–H and O–H groups in total. The van der Waals surface area contributed by atoms with Gasteiger partial charge in [0.2, 0.25) is 0 Å². The summed E-state index contributed by atoms with van der Waals surface area (Å²) in [5.74, 6) is -1.59. The van der Waals surface area contributed by atoms with E-state index in [4.69, 9.17) is 5.11 Å². The van der Waals surface area contributed by atoms with Crippen LogP contribution in [0.2, 0.25) is 0 Å². The molecule has 2 aromatic carbocycles. The standard InChI is InChI=1S/C18H12N2O4S2/c1-9(17(23)24)25-18-19-13-7-6-10(8-14(13)26-18)20-15(21)11-4-2-3-5-12(11)16(20)22/h2-9H,1H3,(H,23,24). The number of amides is 2. The quantitative estimate of drug-likeness (QED) is 0.546. The number of thioether (sulfide) groups is 1. The number of carbonyl (C=O) groups is 3. The minimum Gasteiger partial charge on any atom is -0.480 e. The van der Waals surface area contributed by atoms with Crippen molar-refractivity contribution in [1.29, 1.82) is 0 Å². The van der Waals surface area contributed by atoms with Crippen molar-refractivity contribution in [1.82, 2.24) is 4.98 Å². The minimum atomic E-state index is -0.902. The van der Waals surface area contributed by atoms with Gasteiger partial charge in [0.05, 0.1) is 27.0 Å². The second-order valence-electron chi connectivity index (χ2n) is 5.72. The SMILES string of the molecule is CC(Sc1nc2ccc(N3C(=O)c4ccccc4C3=O)cc2s1)C(=O)O. The minimum absolute atomic E-state index is 0.344. The molecule has 0 spiro atoms. The summed E-state index contributed by atoms with van der Waals surface area (Å²) in [6.45, 7) is 1.60. The van der Waals surface area contributed by atoms with E-state index in [-0.39, 0.29) is 11.8 Å². The van der Waals surface area contributed by atoms with E-state index < -0.39 is 11.2 Å². The number of anilines is 1. The molecule has 0 radical (unpaired) electrons. The molecule has 26 heavy (non-hydrogen) atoms. The molecular formula is C18H12N2O4S2. The third-order valence-corrected chi connectivity index (χ3v) is 6.23. The van der Waals surface area contributed by atoms with Crippen LogP contribution in [-0.4, -0.2) is 33.1 Å². The molecule has 3 aromatic rings. The van der Waals surface area contributed by atoms with Gasteiger partial charge in [-0.25, -0.2) is 9.88 Å². The number of hydrogen-bond donors (Lipinski definition) is 1. The molecule has 1 aliphatic rings. The van der Waals surface area contributed by atoms with Crippen molar-refractivity contribution in [3.63, 3.8) is 0 Å². The Labute approximate surface area is 156 Å². The Bertz CT molecular complexity index is 1040. The van der Waals surface area contributed by atoms with Crippen LogP contribution in [0.25, 0.3) is 10.2 Å². The second-order valence-corrected chi connectivity index (χ2v) is 8.34. The van der Waals surface area contributed by atoms with Crippen molar-refractivity contribution < 1.29 is 19.5 Å². The monoisotopic (exact) mass is 384 g/mol. The molecule has 130 valence electrons. The molecule has 4 rings (SSSR count). The second kappa shape index (κ2) is 6.22. The average molecular weight is 384 g/mol. The molecular weight excluding hydrogens is 372 g/mol. The van der Waals surface area contributed by atoms with Gasteiger partial charge in [-0.15, -0.1) is 11.3 Å². The number of benzene rings is 2. The van der Waals surface area contributed by atoms with Gasteiger partial charge in [0, 0.05) is 0 Å². The summed E-state index contributed by atoms with van der Waals surface area (Å²) >= 11 is 2.51. The predicted octanol–water partition coefficient (Wildman–Crippen LogP) is 3.66. The van der Waals surface area contributed by atoms with Gasteiger partial charge < -0.3 is 5.11 Å². The molecule has 8 heteroatoms. The van der Waals surface area contributed by atoms with Crippen molar-refractivity contribution in [2.24, 2.45) is 0 Å². The van der Waals surface area contributed by atoms with Crippen LogP contribution >= 0.6 is 23.1 Å². The molecule has 1 unspecified atom stereocenters. The first-order chi connectivity index (χ1) is 12.5. The maximum Gasteiger partial charge on any atom is 0.316 e. The highest BCUT2D eigenvalue weighted by Crippen LogP contribution is 2.36. The number of thiazole rings is 1. The average Bonchev–Trinajstić information content (AvgIpc) is 3.13. The van der Waals surface area contributed by atoms with Crippen LogP contribution in [0.15, 0.2) is 46.8 Å². The van der Waals surface area contributed by atoms with E-state index in [1.807, 2.05) is 0 Å². The van der Waals surface area contributed by atoms with Crippen molar-refractivity contribution in [3.8, 4) is 0 Å². The van der Waals surface area contributed by atoms with Crippen LogP contribution in [0, 0.1) is 0 Å². The van der Waals surface area contributed by atoms with Crippen LogP contribution < -0.4 is 4.90 Å². The lowest BCUT2D eigenvalue weighted by atomic mass is 10.1. The number of carbonyl (C=O) groups excluding carboxylic acids is 2. The Morgan fingerprint density at radius 3 is 2.42 bits per heavy atom. The lowest BCUT2D eigenvalue weighted by Crippen LogP contribution is -2.29. The van der Waals surface area contributed by atoms with Gasteiger partial charge in [-0.05, 0) is 37.3 Å². The number of hydrogen-bond acceptors (Lipinski definition) is 6. The number of aliphatic carboxylic acids is 1. The van der Waals surface area contributed by atoms with E-state index in [1.54, 1.807) is 49.4 Å². The Kier molecular flexibility index (Phi) is 4.01. The van der Waals surface area contributed by atoms with Crippen molar-refractivity contribution >= 4 is 56.8 Å². The van der Waals surface area contributed by atoms with Crippen LogP contribution in [0.1, 0.15) is 27.6 Å². The Hall–Kier alpha value is -2.71. The molecule has 1 aromatic heterocycles. The smallest absolute Gasteiger partial charge is 0.316 e. The lowest BCUT2D eigenvalue weighted by Gasteiger charge is -2.13. The van der Waals surface area contributed by atoms with Crippen molar-refractivity contribution in [2.75, 3.05) is 4.90 Å². The fourth-order valence-corrected chi connectivity index (χ4v) is 4.89. The first kappa shape index (κ1) is 16.7. The van der Waals surface area contributed by atoms with E-state index in [2.05, 4.69) is 4.98 Å². The topological polar surface area (TPSA) is 87.6 Å². The van der Waals surface area contributed by atoms with Gasteiger partial charge in [0.1, 0.15) is 5.25 Å². The van der Waals surface area contributed by atoms with Gasteiger partial charge in [-0.2, -0.15) is 0 Å². The van der Waals surface area contributed by atoms with E-state index in [1.165, 1.54) is 23.1 Å². The summed E-state index contributed by atoms with van der Waals surface area (Å²) in [6, 6.07) is 11.9. The largest absolute Gasteiger partial charge is 0.480 e. The zero-order chi connectivity index (χ0) is 18.4. The molecule has 1 atom stereocenters.